The average Bonchev–Trinajstić information content (AvgIpc) is 2.47. The van der Waals surface area contributed by atoms with Crippen LogP contribution >= 0.6 is 0 Å². The number of ether oxygens (including phenoxy) is 1. The zero-order valence-corrected chi connectivity index (χ0v) is 24.7. The molecule has 0 aliphatic carbocycles. The third kappa shape index (κ3) is 16.3. The van der Waals surface area contributed by atoms with Crippen molar-refractivity contribution < 1.29 is 22.2 Å². The summed E-state index contributed by atoms with van der Waals surface area (Å²) >= 11 is 0. The van der Waals surface area contributed by atoms with E-state index in [9.17, 15) is 4.79 Å². The molecule has 0 aliphatic rings. The first kappa shape index (κ1) is 29.0. The van der Waals surface area contributed by atoms with E-state index in [0.717, 1.165) is 31.9 Å². The van der Waals surface area contributed by atoms with Crippen LogP contribution in [-0.4, -0.2) is 52.7 Å². The van der Waals surface area contributed by atoms with Crippen molar-refractivity contribution in [2.75, 3.05) is 13.2 Å². The Kier molecular flexibility index (Phi) is 12.1. The second kappa shape index (κ2) is 12.1. The average molecular weight is 479 g/mol. The molecule has 0 rings (SSSR count). The van der Waals surface area contributed by atoms with E-state index >= 15 is 0 Å². The van der Waals surface area contributed by atoms with Crippen LogP contribution in [0.4, 0.5) is 0 Å². The fraction of sp³-hybridized carbons (Fsp3) is 0.850. The van der Waals surface area contributed by atoms with Gasteiger partial charge in [0.15, 0.2) is 8.32 Å². The number of carbonyl (C=O) groups excluding carboxylic acids is 1. The van der Waals surface area contributed by atoms with Crippen LogP contribution in [0.3, 0.4) is 0 Å². The first-order valence-corrected chi connectivity index (χ1v) is 23.3. The molecule has 0 N–H and O–H groups in total. The molecule has 0 bridgehead atoms. The van der Waals surface area contributed by atoms with Gasteiger partial charge in [0.1, 0.15) is 0 Å². The van der Waals surface area contributed by atoms with Gasteiger partial charge in [0.25, 0.3) is 0 Å². The van der Waals surface area contributed by atoms with E-state index in [1.165, 1.54) is 6.04 Å². The smallest absolute Gasteiger partial charge is 0.333 e. The summed E-state index contributed by atoms with van der Waals surface area (Å²) in [4.78, 5) is 11.5. The lowest BCUT2D eigenvalue weighted by molar-refractivity contribution is -0.139. The third-order valence-corrected chi connectivity index (χ3v) is 16.1. The summed E-state index contributed by atoms with van der Waals surface area (Å²) in [6, 6.07) is 2.15. The minimum atomic E-state index is -2.36. The van der Waals surface area contributed by atoms with Gasteiger partial charge in [-0.1, -0.05) is 32.3 Å². The minimum Gasteiger partial charge on any atom is -0.462 e. The molecule has 9 heteroatoms. The Morgan fingerprint density at radius 3 is 1.86 bits per heavy atom. The standard InChI is InChI=1S/C20H46O5Si4/c1-19(2)20(21)22-15-12-13-18-29(11,23-16-14-17-26(3,4)5)25-28(9,10)24-27(6,7)8/h1,12-18H2,2-11H3. The van der Waals surface area contributed by atoms with Gasteiger partial charge in [-0.15, -0.1) is 0 Å². The minimum absolute atomic E-state index is 0.319. The fourth-order valence-electron chi connectivity index (χ4n) is 3.16. The van der Waals surface area contributed by atoms with E-state index in [1.807, 2.05) is 0 Å². The SMILES string of the molecule is C=C(C)C(=O)OCCCC[Si](C)(OCCC[Si](C)(C)C)O[Si](C)(C)O[Si](C)(C)C. The van der Waals surface area contributed by atoms with Gasteiger partial charge < -0.3 is 17.4 Å². The van der Waals surface area contributed by atoms with E-state index in [0.29, 0.717) is 12.2 Å². The van der Waals surface area contributed by atoms with Crippen LogP contribution in [0, 0.1) is 0 Å². The van der Waals surface area contributed by atoms with Gasteiger partial charge in [-0.25, -0.2) is 4.79 Å². The third-order valence-electron chi connectivity index (χ3n) is 4.10. The van der Waals surface area contributed by atoms with Crippen LogP contribution in [0.2, 0.25) is 71.0 Å². The van der Waals surface area contributed by atoms with Crippen molar-refractivity contribution in [2.45, 2.75) is 97.2 Å². The Hall–Kier alpha value is -0.0425. The summed E-state index contributed by atoms with van der Waals surface area (Å²) in [7, 11) is -7.37. The van der Waals surface area contributed by atoms with Crippen LogP contribution in [0.25, 0.3) is 0 Å². The molecule has 0 aromatic rings. The quantitative estimate of drug-likeness (QED) is 0.120. The molecule has 0 aromatic heterocycles. The maximum atomic E-state index is 11.5. The molecule has 0 radical (unpaired) electrons. The highest BCUT2D eigenvalue weighted by molar-refractivity contribution is 6.86. The predicted molar refractivity (Wildman–Crippen MR) is 133 cm³/mol. The van der Waals surface area contributed by atoms with Crippen molar-refractivity contribution in [1.82, 2.24) is 0 Å². The molecule has 0 saturated heterocycles. The normalized spacial score (nSPS) is 15.1. The van der Waals surface area contributed by atoms with Crippen LogP contribution in [0.5, 0.6) is 0 Å². The first-order valence-electron chi connectivity index (χ1n) is 10.8. The monoisotopic (exact) mass is 478 g/mol. The predicted octanol–water partition coefficient (Wildman–Crippen LogP) is 6.27. The Morgan fingerprint density at radius 2 is 1.38 bits per heavy atom. The number of hydrogen-bond acceptors (Lipinski definition) is 5. The first-order chi connectivity index (χ1) is 12.9. The van der Waals surface area contributed by atoms with Gasteiger partial charge in [-0.3, -0.25) is 0 Å². The van der Waals surface area contributed by atoms with Gasteiger partial charge >= 0.3 is 23.1 Å². The Balaban J connectivity index is 4.81. The second-order valence-electron chi connectivity index (χ2n) is 10.7. The van der Waals surface area contributed by atoms with E-state index in [1.54, 1.807) is 6.92 Å². The molecule has 0 fully saturated rings. The molecule has 0 saturated carbocycles. The molecule has 29 heavy (non-hydrogen) atoms. The zero-order chi connectivity index (χ0) is 22.9. The number of hydrogen-bond donors (Lipinski definition) is 0. The van der Waals surface area contributed by atoms with E-state index in [-0.39, 0.29) is 5.97 Å². The topological polar surface area (TPSA) is 54.0 Å². The number of esters is 1. The molecular weight excluding hydrogens is 433 g/mol. The maximum Gasteiger partial charge on any atom is 0.333 e. The number of carbonyl (C=O) groups is 1. The van der Waals surface area contributed by atoms with Gasteiger partial charge in [-0.05, 0) is 71.5 Å². The van der Waals surface area contributed by atoms with Gasteiger partial charge in [0, 0.05) is 20.3 Å². The van der Waals surface area contributed by atoms with Crippen LogP contribution < -0.4 is 0 Å². The van der Waals surface area contributed by atoms with E-state index < -0.39 is 33.5 Å². The Labute approximate surface area is 184 Å². The summed E-state index contributed by atoms with van der Waals surface area (Å²) in [5.74, 6) is -0.319. The summed E-state index contributed by atoms with van der Waals surface area (Å²) < 4.78 is 24.7. The molecule has 0 aromatic carbocycles. The lowest BCUT2D eigenvalue weighted by Gasteiger charge is -2.38. The molecule has 0 amide bonds. The van der Waals surface area contributed by atoms with Gasteiger partial charge in [-0.2, -0.15) is 0 Å². The number of rotatable bonds is 15. The summed E-state index contributed by atoms with van der Waals surface area (Å²) in [6.07, 6.45) is 2.81. The van der Waals surface area contributed by atoms with E-state index in [2.05, 4.69) is 65.5 Å². The maximum absolute atomic E-state index is 11.5. The molecule has 1 atom stereocenters. The molecule has 0 aliphatic heterocycles. The summed E-state index contributed by atoms with van der Waals surface area (Å²) in [5, 5.41) is 0. The fourth-order valence-corrected chi connectivity index (χ4v) is 17.2. The number of unbranched alkanes of at least 4 members (excludes halogenated alkanes) is 1. The van der Waals surface area contributed by atoms with Crippen molar-refractivity contribution in [3.05, 3.63) is 12.2 Å². The highest BCUT2D eigenvalue weighted by atomic mass is 28.5. The van der Waals surface area contributed by atoms with Crippen LogP contribution in [0.15, 0.2) is 12.2 Å². The van der Waals surface area contributed by atoms with Crippen LogP contribution in [0.1, 0.15) is 26.2 Å². The molecule has 172 valence electrons. The Bertz CT molecular complexity index is 526. The van der Waals surface area contributed by atoms with Crippen molar-refractivity contribution in [3.8, 4) is 0 Å². The lowest BCUT2D eigenvalue weighted by Crippen LogP contribution is -2.54. The van der Waals surface area contributed by atoms with Crippen LogP contribution in [-0.2, 0) is 22.2 Å². The largest absolute Gasteiger partial charge is 0.462 e. The van der Waals surface area contributed by atoms with Crippen molar-refractivity contribution >= 4 is 39.5 Å². The van der Waals surface area contributed by atoms with Crippen molar-refractivity contribution in [3.63, 3.8) is 0 Å². The Morgan fingerprint density at radius 1 is 0.793 bits per heavy atom. The van der Waals surface area contributed by atoms with Gasteiger partial charge in [0.05, 0.1) is 6.61 Å². The summed E-state index contributed by atoms with van der Waals surface area (Å²) in [5.41, 5.74) is 0.439. The van der Waals surface area contributed by atoms with Crippen molar-refractivity contribution in [1.29, 1.82) is 0 Å². The highest BCUT2D eigenvalue weighted by Gasteiger charge is 2.42. The van der Waals surface area contributed by atoms with E-state index in [4.69, 9.17) is 17.4 Å². The molecular formula is C20H46O5Si4. The highest BCUT2D eigenvalue weighted by Crippen LogP contribution is 2.26. The lowest BCUT2D eigenvalue weighted by atomic mass is 10.3. The van der Waals surface area contributed by atoms with Crippen molar-refractivity contribution in [2.24, 2.45) is 0 Å². The van der Waals surface area contributed by atoms with Gasteiger partial charge in [0.2, 0.25) is 0 Å². The molecule has 5 nitrogen and oxygen atoms in total. The molecule has 0 spiro atoms. The molecule has 0 heterocycles. The zero-order valence-electron chi connectivity index (χ0n) is 20.7. The summed E-state index contributed by atoms with van der Waals surface area (Å²) in [6.45, 7) is 26.7. The second-order valence-corrected chi connectivity index (χ2v) is 28.1. The molecule has 1 unspecified atom stereocenters.